The number of hydrogen-bond acceptors (Lipinski definition) is 4. The van der Waals surface area contributed by atoms with Gasteiger partial charge in [0.25, 0.3) is 5.91 Å². The van der Waals surface area contributed by atoms with Crippen molar-refractivity contribution in [1.82, 2.24) is 15.1 Å². The number of likely N-dealkylation sites (tertiary alicyclic amines) is 1. The largest absolute Gasteiger partial charge is 0.350 e. The number of benzene rings is 3. The van der Waals surface area contributed by atoms with Gasteiger partial charge < -0.3 is 20.0 Å². The molecule has 0 atom stereocenters. The molecule has 3 aromatic rings. The molecule has 0 aromatic heterocycles. The number of amides is 3. The molecular weight excluding hydrogens is 495 g/mol. The van der Waals surface area contributed by atoms with E-state index in [0.29, 0.717) is 25.9 Å². The number of para-hydroxylation sites is 1. The molecule has 0 saturated carbocycles. The fourth-order valence-electron chi connectivity index (χ4n) is 5.29. The fourth-order valence-corrected chi connectivity index (χ4v) is 5.29. The summed E-state index contributed by atoms with van der Waals surface area (Å²) in [6.45, 7) is 1.35. The quantitative estimate of drug-likeness (QED) is 0.475. The van der Waals surface area contributed by atoms with E-state index in [1.54, 1.807) is 34.1 Å². The Hall–Kier alpha value is -4.46. The van der Waals surface area contributed by atoms with Crippen molar-refractivity contribution < 1.29 is 18.8 Å². The van der Waals surface area contributed by atoms with Gasteiger partial charge in [-0.2, -0.15) is 0 Å². The molecule has 8 heteroatoms. The second-order valence-corrected chi connectivity index (χ2v) is 9.91. The van der Waals surface area contributed by atoms with Crippen molar-refractivity contribution in [1.29, 1.82) is 0 Å². The molecule has 2 fully saturated rings. The Labute approximate surface area is 227 Å². The molecule has 1 spiro atoms. The molecular formula is C31H31FN4O3. The lowest BCUT2D eigenvalue weighted by Crippen LogP contribution is -2.57. The predicted octanol–water partition coefficient (Wildman–Crippen LogP) is 3.82. The van der Waals surface area contributed by atoms with Crippen LogP contribution in [0.25, 0.3) is 6.08 Å². The molecule has 0 aliphatic carbocycles. The van der Waals surface area contributed by atoms with Gasteiger partial charge in [-0.3, -0.25) is 14.4 Å². The van der Waals surface area contributed by atoms with E-state index in [9.17, 15) is 18.8 Å². The normalized spacial score (nSPS) is 16.7. The summed E-state index contributed by atoms with van der Waals surface area (Å²) >= 11 is 0. The molecule has 2 heterocycles. The highest BCUT2D eigenvalue weighted by atomic mass is 19.1. The minimum Gasteiger partial charge on any atom is -0.350 e. The third-order valence-electron chi connectivity index (χ3n) is 7.44. The molecule has 2 aliphatic heterocycles. The molecule has 0 unspecified atom stereocenters. The van der Waals surface area contributed by atoms with Crippen molar-refractivity contribution in [3.63, 3.8) is 0 Å². The molecule has 3 amide bonds. The van der Waals surface area contributed by atoms with E-state index in [0.717, 1.165) is 16.8 Å². The van der Waals surface area contributed by atoms with Gasteiger partial charge in [0.05, 0.1) is 6.67 Å². The highest BCUT2D eigenvalue weighted by Crippen LogP contribution is 2.39. The molecule has 3 aromatic carbocycles. The second kappa shape index (κ2) is 11.5. The minimum atomic E-state index is -0.821. The Morgan fingerprint density at radius 2 is 1.54 bits per heavy atom. The Balaban J connectivity index is 1.26. The number of nitrogens with zero attached hydrogens (tertiary/aromatic N) is 3. The van der Waals surface area contributed by atoms with Crippen LogP contribution in [0.5, 0.6) is 0 Å². The second-order valence-electron chi connectivity index (χ2n) is 9.91. The molecule has 2 saturated heterocycles. The molecule has 0 bridgehead atoms. The van der Waals surface area contributed by atoms with Crippen LogP contribution in [0.4, 0.5) is 10.1 Å². The van der Waals surface area contributed by atoms with Gasteiger partial charge in [-0.1, -0.05) is 60.7 Å². The zero-order valence-corrected chi connectivity index (χ0v) is 21.6. The number of piperidine rings is 1. The summed E-state index contributed by atoms with van der Waals surface area (Å²) in [7, 11) is 0. The fraction of sp³-hybridized carbons (Fsp3) is 0.258. The van der Waals surface area contributed by atoms with E-state index in [1.165, 1.54) is 12.1 Å². The van der Waals surface area contributed by atoms with Crippen LogP contribution in [0.1, 0.15) is 24.0 Å². The Morgan fingerprint density at radius 3 is 2.21 bits per heavy atom. The number of rotatable bonds is 7. The van der Waals surface area contributed by atoms with E-state index in [-0.39, 0.29) is 43.3 Å². The van der Waals surface area contributed by atoms with E-state index in [4.69, 9.17) is 0 Å². The first-order valence-corrected chi connectivity index (χ1v) is 13.1. The maximum absolute atomic E-state index is 13.8. The average Bonchev–Trinajstić information content (AvgIpc) is 3.23. The van der Waals surface area contributed by atoms with Crippen LogP contribution in [0.2, 0.25) is 0 Å². The van der Waals surface area contributed by atoms with Crippen LogP contribution >= 0.6 is 0 Å². The van der Waals surface area contributed by atoms with Crippen molar-refractivity contribution in [2.45, 2.75) is 24.9 Å². The van der Waals surface area contributed by atoms with Gasteiger partial charge in [-0.05, 0) is 54.3 Å². The van der Waals surface area contributed by atoms with Crippen LogP contribution in [0, 0.1) is 5.82 Å². The summed E-state index contributed by atoms with van der Waals surface area (Å²) in [5.41, 5.74) is 1.81. The van der Waals surface area contributed by atoms with E-state index in [2.05, 4.69) is 10.2 Å². The summed E-state index contributed by atoms with van der Waals surface area (Å²) in [6.07, 6.45) is 4.32. The lowest BCUT2D eigenvalue weighted by atomic mass is 9.85. The molecule has 39 heavy (non-hydrogen) atoms. The molecule has 1 N–H and O–H groups in total. The third-order valence-corrected chi connectivity index (χ3v) is 7.44. The smallest absolute Gasteiger partial charge is 0.250 e. The van der Waals surface area contributed by atoms with Gasteiger partial charge in [-0.25, -0.2) is 4.39 Å². The number of nitrogens with one attached hydrogen (secondary N) is 1. The van der Waals surface area contributed by atoms with Crippen molar-refractivity contribution in [3.8, 4) is 0 Å². The van der Waals surface area contributed by atoms with Crippen molar-refractivity contribution in [2.75, 3.05) is 31.2 Å². The summed E-state index contributed by atoms with van der Waals surface area (Å²) in [6, 6.07) is 25.3. The number of carbonyl (C=O) groups is 3. The van der Waals surface area contributed by atoms with Crippen molar-refractivity contribution >= 4 is 29.5 Å². The van der Waals surface area contributed by atoms with Crippen LogP contribution < -0.4 is 10.2 Å². The first-order valence-electron chi connectivity index (χ1n) is 13.1. The molecule has 5 rings (SSSR count). The van der Waals surface area contributed by atoms with Crippen LogP contribution in [-0.4, -0.2) is 59.4 Å². The molecule has 200 valence electrons. The summed E-state index contributed by atoms with van der Waals surface area (Å²) in [4.78, 5) is 44.9. The van der Waals surface area contributed by atoms with Gasteiger partial charge in [0.2, 0.25) is 11.8 Å². The first kappa shape index (κ1) is 26.2. The average molecular weight is 527 g/mol. The summed E-state index contributed by atoms with van der Waals surface area (Å²) in [5.74, 6) is -0.798. The zero-order chi connectivity index (χ0) is 27.2. The van der Waals surface area contributed by atoms with Gasteiger partial charge >= 0.3 is 0 Å². The van der Waals surface area contributed by atoms with Gasteiger partial charge in [-0.15, -0.1) is 0 Å². The predicted molar refractivity (Wildman–Crippen MR) is 148 cm³/mol. The SMILES string of the molecule is O=C(CN1CN(c2ccccc2)C2(CCN(C(=O)C=Cc3ccccc3)CC2)C1=O)NCc1ccc(F)cc1. The van der Waals surface area contributed by atoms with Crippen molar-refractivity contribution in [2.24, 2.45) is 0 Å². The Morgan fingerprint density at radius 1 is 0.897 bits per heavy atom. The highest BCUT2D eigenvalue weighted by molar-refractivity contribution is 5.97. The number of halogens is 1. The topological polar surface area (TPSA) is 73.0 Å². The lowest BCUT2D eigenvalue weighted by Gasteiger charge is -2.43. The van der Waals surface area contributed by atoms with E-state index < -0.39 is 5.54 Å². The standard InChI is InChI=1S/C31H31FN4O3/c32-26-14-11-25(12-15-26)21-33-28(37)22-35-23-36(27-9-5-2-6-10-27)31(30(35)39)17-19-34(20-18-31)29(38)16-13-24-7-3-1-4-8-24/h1-16H,17-23H2,(H,33,37). The van der Waals surface area contributed by atoms with Crippen LogP contribution in [0.3, 0.4) is 0 Å². The van der Waals surface area contributed by atoms with Gasteiger partial charge in [0.15, 0.2) is 0 Å². The van der Waals surface area contributed by atoms with Gasteiger partial charge in [0, 0.05) is 31.4 Å². The Kier molecular flexibility index (Phi) is 7.72. The van der Waals surface area contributed by atoms with E-state index in [1.807, 2.05) is 60.7 Å². The first-order chi connectivity index (χ1) is 18.9. The van der Waals surface area contributed by atoms with Crippen molar-refractivity contribution in [3.05, 3.63) is 108 Å². The lowest BCUT2D eigenvalue weighted by molar-refractivity contribution is -0.138. The van der Waals surface area contributed by atoms with Gasteiger partial charge in [0.1, 0.15) is 17.9 Å². The monoisotopic (exact) mass is 526 g/mol. The van der Waals surface area contributed by atoms with Crippen LogP contribution in [-0.2, 0) is 20.9 Å². The molecule has 7 nitrogen and oxygen atoms in total. The summed E-state index contributed by atoms with van der Waals surface area (Å²) < 4.78 is 13.2. The van der Waals surface area contributed by atoms with E-state index >= 15 is 0 Å². The zero-order valence-electron chi connectivity index (χ0n) is 21.6. The maximum Gasteiger partial charge on any atom is 0.250 e. The molecule has 2 aliphatic rings. The summed E-state index contributed by atoms with van der Waals surface area (Å²) in [5, 5.41) is 2.83. The Bertz CT molecular complexity index is 1340. The van der Waals surface area contributed by atoms with Crippen LogP contribution in [0.15, 0.2) is 91.0 Å². The third kappa shape index (κ3) is 5.85. The minimum absolute atomic E-state index is 0.0758. The number of carbonyl (C=O) groups excluding carboxylic acids is 3. The number of anilines is 1. The molecule has 0 radical (unpaired) electrons. The number of hydrogen-bond donors (Lipinski definition) is 1. The maximum atomic E-state index is 13.8. The highest BCUT2D eigenvalue weighted by Gasteiger charge is 2.54.